The smallest absolute Gasteiger partial charge is 0.0762 e. The van der Waals surface area contributed by atoms with Gasteiger partial charge in [0.15, 0.2) is 0 Å². The zero-order valence-corrected chi connectivity index (χ0v) is 10.2. The van der Waals surface area contributed by atoms with Gasteiger partial charge < -0.3 is 15.3 Å². The lowest BCUT2D eigenvalue weighted by Gasteiger charge is -2.30. The third kappa shape index (κ3) is 2.48. The number of aliphatic hydroxyl groups excluding tert-OH is 1. The second-order valence-corrected chi connectivity index (χ2v) is 4.53. The lowest BCUT2D eigenvalue weighted by molar-refractivity contribution is 0.199. The molecule has 0 aromatic heterocycles. The Morgan fingerprint density at radius 2 is 2.06 bits per heavy atom. The van der Waals surface area contributed by atoms with E-state index in [0.29, 0.717) is 0 Å². The molecule has 2 rings (SSSR count). The van der Waals surface area contributed by atoms with Crippen LogP contribution in [0.5, 0.6) is 0 Å². The second-order valence-electron chi connectivity index (χ2n) is 4.12. The van der Waals surface area contributed by atoms with Crippen LogP contribution in [0, 0.1) is 0 Å². The number of hydrogen-bond acceptors (Lipinski definition) is 3. The Labute approximate surface area is 101 Å². The Kier molecular flexibility index (Phi) is 3.69. The maximum Gasteiger partial charge on any atom is 0.0762 e. The summed E-state index contributed by atoms with van der Waals surface area (Å²) in [7, 11) is 0. The molecule has 1 fully saturated rings. The van der Waals surface area contributed by atoms with Gasteiger partial charge in [0.25, 0.3) is 0 Å². The summed E-state index contributed by atoms with van der Waals surface area (Å²) in [6, 6.07) is 5.78. The molecule has 0 unspecified atom stereocenters. The third-order valence-corrected chi connectivity index (χ3v) is 3.21. The summed E-state index contributed by atoms with van der Waals surface area (Å²) in [6.45, 7) is 5.70. The fourth-order valence-electron chi connectivity index (χ4n) is 1.95. The zero-order chi connectivity index (χ0) is 11.5. The molecule has 1 aromatic carbocycles. The van der Waals surface area contributed by atoms with Crippen LogP contribution in [0.25, 0.3) is 0 Å². The summed E-state index contributed by atoms with van der Waals surface area (Å²) in [5, 5.41) is 13.5. The first kappa shape index (κ1) is 11.7. The van der Waals surface area contributed by atoms with E-state index in [9.17, 15) is 5.11 Å². The van der Waals surface area contributed by atoms with E-state index >= 15 is 0 Å². The van der Waals surface area contributed by atoms with Crippen LogP contribution in [0.1, 0.15) is 18.6 Å². The van der Waals surface area contributed by atoms with Crippen molar-refractivity contribution in [1.82, 2.24) is 5.32 Å². The van der Waals surface area contributed by atoms with Crippen molar-refractivity contribution < 1.29 is 5.11 Å². The maximum absolute atomic E-state index is 9.47. The van der Waals surface area contributed by atoms with Gasteiger partial charge in [-0.1, -0.05) is 17.7 Å². The predicted octanol–water partition coefficient (Wildman–Crippen LogP) is 1.80. The van der Waals surface area contributed by atoms with Crippen molar-refractivity contribution in [3.63, 3.8) is 0 Å². The number of halogens is 1. The highest BCUT2D eigenvalue weighted by Crippen LogP contribution is 2.29. The average molecular weight is 241 g/mol. The number of hydrogen-bond donors (Lipinski definition) is 2. The Balaban J connectivity index is 2.21. The first-order valence-corrected chi connectivity index (χ1v) is 5.99. The van der Waals surface area contributed by atoms with Gasteiger partial charge in [0, 0.05) is 26.2 Å². The molecule has 1 aromatic rings. The Morgan fingerprint density at radius 3 is 2.62 bits per heavy atom. The van der Waals surface area contributed by atoms with Crippen LogP contribution in [-0.4, -0.2) is 31.3 Å². The first-order valence-electron chi connectivity index (χ1n) is 5.61. The minimum atomic E-state index is -0.463. The molecule has 1 saturated heterocycles. The van der Waals surface area contributed by atoms with E-state index in [1.54, 1.807) is 6.92 Å². The molecule has 16 heavy (non-hydrogen) atoms. The summed E-state index contributed by atoms with van der Waals surface area (Å²) < 4.78 is 0. The van der Waals surface area contributed by atoms with E-state index in [4.69, 9.17) is 11.6 Å². The number of nitrogens with one attached hydrogen (secondary N) is 1. The monoisotopic (exact) mass is 240 g/mol. The Hall–Kier alpha value is -0.770. The van der Waals surface area contributed by atoms with Crippen LogP contribution in [0.3, 0.4) is 0 Å². The predicted molar refractivity (Wildman–Crippen MR) is 67.2 cm³/mol. The van der Waals surface area contributed by atoms with E-state index in [-0.39, 0.29) is 0 Å². The van der Waals surface area contributed by atoms with Crippen molar-refractivity contribution in [2.45, 2.75) is 13.0 Å². The van der Waals surface area contributed by atoms with Crippen molar-refractivity contribution in [1.29, 1.82) is 0 Å². The van der Waals surface area contributed by atoms with Gasteiger partial charge in [-0.3, -0.25) is 0 Å². The third-order valence-electron chi connectivity index (χ3n) is 2.91. The highest BCUT2D eigenvalue weighted by molar-refractivity contribution is 6.33. The van der Waals surface area contributed by atoms with Crippen LogP contribution in [-0.2, 0) is 0 Å². The lowest BCUT2D eigenvalue weighted by Crippen LogP contribution is -2.43. The highest BCUT2D eigenvalue weighted by atomic mass is 35.5. The van der Waals surface area contributed by atoms with E-state index in [0.717, 1.165) is 42.5 Å². The normalized spacial score (nSPS) is 18.6. The van der Waals surface area contributed by atoms with Gasteiger partial charge in [-0.2, -0.15) is 0 Å². The van der Waals surface area contributed by atoms with Gasteiger partial charge in [-0.15, -0.1) is 0 Å². The molecule has 3 nitrogen and oxygen atoms in total. The molecule has 1 heterocycles. The number of benzene rings is 1. The number of nitrogens with zero attached hydrogens (tertiary/aromatic N) is 1. The molecule has 0 saturated carbocycles. The molecule has 0 spiro atoms. The van der Waals surface area contributed by atoms with Crippen molar-refractivity contribution in [3.8, 4) is 0 Å². The van der Waals surface area contributed by atoms with E-state index in [1.807, 2.05) is 18.2 Å². The van der Waals surface area contributed by atoms with Crippen molar-refractivity contribution >= 4 is 17.3 Å². The largest absolute Gasteiger partial charge is 0.389 e. The second kappa shape index (κ2) is 5.04. The summed E-state index contributed by atoms with van der Waals surface area (Å²) in [4.78, 5) is 2.27. The molecule has 0 amide bonds. The van der Waals surface area contributed by atoms with Crippen LogP contribution in [0.4, 0.5) is 5.69 Å². The molecule has 0 radical (unpaired) electrons. The first-order chi connectivity index (χ1) is 7.68. The highest BCUT2D eigenvalue weighted by Gasteiger charge is 2.14. The van der Waals surface area contributed by atoms with Crippen molar-refractivity contribution in [2.24, 2.45) is 0 Å². The molecule has 2 N–H and O–H groups in total. The Morgan fingerprint density at radius 1 is 1.38 bits per heavy atom. The van der Waals surface area contributed by atoms with Crippen LogP contribution in [0.2, 0.25) is 5.02 Å². The molecule has 1 aliphatic rings. The fourth-order valence-corrected chi connectivity index (χ4v) is 2.25. The van der Waals surface area contributed by atoms with E-state index < -0.39 is 6.10 Å². The van der Waals surface area contributed by atoms with Gasteiger partial charge in [0.2, 0.25) is 0 Å². The zero-order valence-electron chi connectivity index (χ0n) is 9.41. The van der Waals surface area contributed by atoms with Crippen LogP contribution >= 0.6 is 11.6 Å². The van der Waals surface area contributed by atoms with Gasteiger partial charge in [-0.05, 0) is 24.6 Å². The van der Waals surface area contributed by atoms with Crippen LogP contribution in [0.15, 0.2) is 18.2 Å². The minimum absolute atomic E-state index is 0.463. The van der Waals surface area contributed by atoms with E-state index in [1.165, 1.54) is 0 Å². The Bertz CT molecular complexity index is 362. The molecular weight excluding hydrogens is 224 g/mol. The van der Waals surface area contributed by atoms with Gasteiger partial charge in [0.05, 0.1) is 16.8 Å². The van der Waals surface area contributed by atoms with Gasteiger partial charge in [-0.25, -0.2) is 0 Å². The average Bonchev–Trinajstić information content (AvgIpc) is 2.30. The number of piperazine rings is 1. The number of aliphatic hydroxyl groups is 1. The molecular formula is C12H17ClN2O. The summed E-state index contributed by atoms with van der Waals surface area (Å²) in [5.74, 6) is 0. The maximum atomic E-state index is 9.47. The number of rotatable bonds is 2. The molecule has 1 aliphatic heterocycles. The molecule has 1 atom stereocenters. The number of anilines is 1. The molecule has 0 aliphatic carbocycles. The standard InChI is InChI=1S/C12H17ClN2O/c1-9(16)10-2-3-12(11(13)8-10)15-6-4-14-5-7-15/h2-3,8-9,14,16H,4-7H2,1H3/t9-/m0/s1. The molecule has 88 valence electrons. The van der Waals surface area contributed by atoms with Gasteiger partial charge >= 0.3 is 0 Å². The molecule has 4 heteroatoms. The SMILES string of the molecule is C[C@H](O)c1ccc(N2CCNCC2)c(Cl)c1. The topological polar surface area (TPSA) is 35.5 Å². The summed E-state index contributed by atoms with van der Waals surface area (Å²) in [5.41, 5.74) is 1.93. The molecule has 0 bridgehead atoms. The fraction of sp³-hybridized carbons (Fsp3) is 0.500. The summed E-state index contributed by atoms with van der Waals surface area (Å²) >= 11 is 6.23. The summed E-state index contributed by atoms with van der Waals surface area (Å²) in [6.07, 6.45) is -0.463. The van der Waals surface area contributed by atoms with Crippen LogP contribution < -0.4 is 10.2 Å². The van der Waals surface area contributed by atoms with Gasteiger partial charge in [0.1, 0.15) is 0 Å². The quantitative estimate of drug-likeness (QED) is 0.828. The minimum Gasteiger partial charge on any atom is -0.389 e. The van der Waals surface area contributed by atoms with Crippen molar-refractivity contribution in [3.05, 3.63) is 28.8 Å². The lowest BCUT2D eigenvalue weighted by atomic mass is 10.1. The van der Waals surface area contributed by atoms with E-state index in [2.05, 4.69) is 10.2 Å². The van der Waals surface area contributed by atoms with Crippen molar-refractivity contribution in [2.75, 3.05) is 31.1 Å².